The van der Waals surface area contributed by atoms with Gasteiger partial charge >= 0.3 is 6.03 Å². The first kappa shape index (κ1) is 17.3. The molecule has 0 aliphatic heterocycles. The van der Waals surface area contributed by atoms with E-state index >= 15 is 0 Å². The fourth-order valence-corrected chi connectivity index (χ4v) is 3.20. The number of carbonyl (C=O) groups excluding carboxylic acids is 1. The molecule has 27 heavy (non-hydrogen) atoms. The lowest BCUT2D eigenvalue weighted by molar-refractivity contribution is 0.204. The molecule has 0 unspecified atom stereocenters. The third-order valence-corrected chi connectivity index (χ3v) is 4.82. The van der Waals surface area contributed by atoms with Crippen molar-refractivity contribution in [1.82, 2.24) is 9.47 Å². The number of halogens is 1. The molecule has 138 valence electrons. The van der Waals surface area contributed by atoms with Crippen LogP contribution >= 0.6 is 0 Å². The highest BCUT2D eigenvalue weighted by molar-refractivity contribution is 5.89. The number of benzene rings is 2. The van der Waals surface area contributed by atoms with Crippen LogP contribution in [-0.4, -0.2) is 21.5 Å². The molecular formula is C22H22FN3O. The number of nitrogens with zero attached hydrogens (tertiary/aromatic N) is 2. The standard InChI is InChI=1S/C22H22FN3O/c23-20-10-4-5-11-21(20)24-22(27)26(18-12-13-18)16-19-9-6-14-25(19)15-17-7-2-1-3-8-17/h1-11,14,18H,12-13,15-16H2,(H,24,27). The number of rotatable bonds is 6. The number of amides is 2. The van der Waals surface area contributed by atoms with Crippen molar-refractivity contribution in [1.29, 1.82) is 0 Å². The van der Waals surface area contributed by atoms with Gasteiger partial charge in [-0.05, 0) is 42.7 Å². The van der Waals surface area contributed by atoms with E-state index in [-0.39, 0.29) is 17.8 Å². The Bertz CT molecular complexity index is 918. The molecule has 4 nitrogen and oxygen atoms in total. The molecule has 0 radical (unpaired) electrons. The molecule has 0 spiro atoms. The molecule has 2 aromatic carbocycles. The molecule has 0 atom stereocenters. The van der Waals surface area contributed by atoms with Gasteiger partial charge < -0.3 is 14.8 Å². The molecule has 1 aliphatic carbocycles. The molecule has 0 bridgehead atoms. The van der Waals surface area contributed by atoms with Gasteiger partial charge in [-0.3, -0.25) is 0 Å². The van der Waals surface area contributed by atoms with Gasteiger partial charge in [-0.2, -0.15) is 0 Å². The van der Waals surface area contributed by atoms with Gasteiger partial charge in [0.1, 0.15) is 5.82 Å². The Balaban J connectivity index is 1.49. The Morgan fingerprint density at radius 2 is 1.78 bits per heavy atom. The lowest BCUT2D eigenvalue weighted by Crippen LogP contribution is -2.37. The summed E-state index contributed by atoms with van der Waals surface area (Å²) in [5, 5.41) is 2.72. The largest absolute Gasteiger partial charge is 0.345 e. The zero-order valence-electron chi connectivity index (χ0n) is 15.0. The van der Waals surface area contributed by atoms with Crippen LogP contribution in [0.2, 0.25) is 0 Å². The van der Waals surface area contributed by atoms with E-state index in [1.54, 1.807) is 18.2 Å². The van der Waals surface area contributed by atoms with Gasteiger partial charge in [0.05, 0.1) is 12.2 Å². The highest BCUT2D eigenvalue weighted by atomic mass is 19.1. The number of hydrogen-bond acceptors (Lipinski definition) is 1. The Morgan fingerprint density at radius 3 is 2.52 bits per heavy atom. The number of carbonyl (C=O) groups is 1. The molecular weight excluding hydrogens is 341 g/mol. The lowest BCUT2D eigenvalue weighted by Gasteiger charge is -2.24. The zero-order chi connectivity index (χ0) is 18.6. The van der Waals surface area contributed by atoms with E-state index < -0.39 is 5.82 Å². The first-order chi connectivity index (χ1) is 13.2. The van der Waals surface area contributed by atoms with Crippen molar-refractivity contribution in [3.63, 3.8) is 0 Å². The Labute approximate surface area is 158 Å². The van der Waals surface area contributed by atoms with Gasteiger partial charge in [-0.25, -0.2) is 9.18 Å². The smallest absolute Gasteiger partial charge is 0.322 e. The summed E-state index contributed by atoms with van der Waals surface area (Å²) >= 11 is 0. The molecule has 3 aromatic rings. The topological polar surface area (TPSA) is 37.3 Å². The maximum atomic E-state index is 13.9. The van der Waals surface area contributed by atoms with Gasteiger partial charge in [-0.1, -0.05) is 42.5 Å². The first-order valence-corrected chi connectivity index (χ1v) is 9.21. The predicted molar refractivity (Wildman–Crippen MR) is 104 cm³/mol. The predicted octanol–water partition coefficient (Wildman–Crippen LogP) is 4.87. The average molecular weight is 363 g/mol. The number of hydrogen-bond donors (Lipinski definition) is 1. The molecule has 1 aromatic heterocycles. The number of aromatic nitrogens is 1. The monoisotopic (exact) mass is 363 g/mol. The number of urea groups is 1. The van der Waals surface area contributed by atoms with Crippen molar-refractivity contribution in [3.05, 3.63) is 90.0 Å². The van der Waals surface area contributed by atoms with Crippen LogP contribution < -0.4 is 5.32 Å². The molecule has 2 amide bonds. The minimum Gasteiger partial charge on any atom is -0.345 e. The molecule has 5 heteroatoms. The zero-order valence-corrected chi connectivity index (χ0v) is 15.0. The molecule has 4 rings (SSSR count). The Hall–Kier alpha value is -3.08. The van der Waals surface area contributed by atoms with Gasteiger partial charge in [0.15, 0.2) is 0 Å². The Kier molecular flexibility index (Phi) is 4.92. The molecule has 1 heterocycles. The van der Waals surface area contributed by atoms with Crippen molar-refractivity contribution < 1.29 is 9.18 Å². The van der Waals surface area contributed by atoms with E-state index in [1.165, 1.54) is 11.6 Å². The van der Waals surface area contributed by atoms with Crippen LogP contribution in [0, 0.1) is 5.82 Å². The summed E-state index contributed by atoms with van der Waals surface area (Å²) < 4.78 is 16.0. The number of anilines is 1. The lowest BCUT2D eigenvalue weighted by atomic mass is 10.2. The van der Waals surface area contributed by atoms with Crippen LogP contribution in [0.4, 0.5) is 14.9 Å². The fraction of sp³-hybridized carbons (Fsp3) is 0.227. The fourth-order valence-electron chi connectivity index (χ4n) is 3.20. The maximum absolute atomic E-state index is 13.9. The van der Waals surface area contributed by atoms with E-state index in [1.807, 2.05) is 41.4 Å². The van der Waals surface area contributed by atoms with E-state index in [2.05, 4.69) is 22.0 Å². The van der Waals surface area contributed by atoms with Crippen LogP contribution in [0.15, 0.2) is 72.9 Å². The van der Waals surface area contributed by atoms with Crippen LogP contribution in [-0.2, 0) is 13.1 Å². The summed E-state index contributed by atoms with van der Waals surface area (Å²) in [6, 6.07) is 20.5. The molecule has 1 N–H and O–H groups in total. The van der Waals surface area contributed by atoms with Crippen molar-refractivity contribution in [2.75, 3.05) is 5.32 Å². The van der Waals surface area contributed by atoms with E-state index in [9.17, 15) is 9.18 Å². The van der Waals surface area contributed by atoms with Crippen molar-refractivity contribution in [2.24, 2.45) is 0 Å². The van der Waals surface area contributed by atoms with Crippen molar-refractivity contribution >= 4 is 11.7 Å². The maximum Gasteiger partial charge on any atom is 0.322 e. The molecule has 1 saturated carbocycles. The number of para-hydroxylation sites is 1. The van der Waals surface area contributed by atoms with Crippen molar-refractivity contribution in [3.8, 4) is 0 Å². The summed E-state index contributed by atoms with van der Waals surface area (Å²) in [7, 11) is 0. The summed E-state index contributed by atoms with van der Waals surface area (Å²) in [6.45, 7) is 1.27. The molecule has 1 fully saturated rings. The second-order valence-corrected chi connectivity index (χ2v) is 6.88. The normalized spacial score (nSPS) is 13.4. The van der Waals surface area contributed by atoms with Crippen LogP contribution in [0.5, 0.6) is 0 Å². The van der Waals surface area contributed by atoms with Gasteiger partial charge in [0.25, 0.3) is 0 Å². The summed E-state index contributed by atoms with van der Waals surface area (Å²) in [4.78, 5) is 14.6. The van der Waals surface area contributed by atoms with Gasteiger partial charge in [-0.15, -0.1) is 0 Å². The van der Waals surface area contributed by atoms with Crippen molar-refractivity contribution in [2.45, 2.75) is 32.0 Å². The van der Waals surface area contributed by atoms with Gasteiger partial charge in [0.2, 0.25) is 0 Å². The molecule has 1 aliphatic rings. The summed E-state index contributed by atoms with van der Waals surface area (Å²) in [5.41, 5.74) is 2.49. The Morgan fingerprint density at radius 1 is 1.04 bits per heavy atom. The van der Waals surface area contributed by atoms with Crippen LogP contribution in [0.1, 0.15) is 24.1 Å². The minimum absolute atomic E-state index is 0.216. The third-order valence-electron chi connectivity index (χ3n) is 4.82. The summed E-state index contributed by atoms with van der Waals surface area (Å²) in [6.07, 6.45) is 4.01. The van der Waals surface area contributed by atoms with E-state index in [0.717, 1.165) is 25.1 Å². The first-order valence-electron chi connectivity index (χ1n) is 9.21. The summed E-state index contributed by atoms with van der Waals surface area (Å²) in [5.74, 6) is -0.422. The second kappa shape index (κ2) is 7.66. The molecule has 0 saturated heterocycles. The highest BCUT2D eigenvalue weighted by Gasteiger charge is 2.33. The third kappa shape index (κ3) is 4.19. The SMILES string of the molecule is O=C(Nc1ccccc1F)N(Cc1cccn1Cc1ccccc1)C1CC1. The van der Waals surface area contributed by atoms with E-state index in [4.69, 9.17) is 0 Å². The van der Waals surface area contributed by atoms with Crippen LogP contribution in [0.25, 0.3) is 0 Å². The quantitative estimate of drug-likeness (QED) is 0.666. The second-order valence-electron chi connectivity index (χ2n) is 6.88. The van der Waals surface area contributed by atoms with Gasteiger partial charge in [0, 0.05) is 24.5 Å². The van der Waals surface area contributed by atoms with E-state index in [0.29, 0.717) is 6.54 Å². The number of nitrogens with one attached hydrogen (secondary N) is 1. The average Bonchev–Trinajstić information content (AvgIpc) is 3.43. The minimum atomic E-state index is -0.422. The van der Waals surface area contributed by atoms with Crippen LogP contribution in [0.3, 0.4) is 0 Å². The highest BCUT2D eigenvalue weighted by Crippen LogP contribution is 2.29.